The van der Waals surface area contributed by atoms with Crippen molar-refractivity contribution >= 4 is 17.6 Å². The van der Waals surface area contributed by atoms with Gasteiger partial charge in [0, 0.05) is 16.3 Å². The zero-order valence-electron chi connectivity index (χ0n) is 9.16. The van der Waals surface area contributed by atoms with E-state index in [1.54, 1.807) is 19.2 Å². The third-order valence-corrected chi connectivity index (χ3v) is 3.39. The van der Waals surface area contributed by atoms with Crippen LogP contribution in [0.3, 0.4) is 0 Å². The molecule has 0 spiro atoms. The highest BCUT2D eigenvalue weighted by molar-refractivity contribution is 8.00. The molecule has 4 N–H and O–H groups in total. The van der Waals surface area contributed by atoms with Gasteiger partial charge < -0.3 is 16.0 Å². The smallest absolute Gasteiger partial charge is 0.188 e. The Balaban J connectivity index is 2.72. The molecule has 0 saturated carbocycles. The van der Waals surface area contributed by atoms with E-state index in [9.17, 15) is 5.11 Å². The van der Waals surface area contributed by atoms with Gasteiger partial charge in [-0.15, -0.1) is 11.8 Å². The second-order valence-corrected chi connectivity index (χ2v) is 4.88. The number of oxime groups is 1. The van der Waals surface area contributed by atoms with Crippen LogP contribution < -0.4 is 5.73 Å². The number of amidine groups is 1. The first-order valence-corrected chi connectivity index (χ1v) is 5.71. The number of rotatable bonds is 4. The summed E-state index contributed by atoms with van der Waals surface area (Å²) >= 11 is 1.52. The molecule has 2 unspecified atom stereocenters. The van der Waals surface area contributed by atoms with Crippen LogP contribution in [0.15, 0.2) is 28.4 Å². The monoisotopic (exact) mass is 241 g/mol. The molecule has 0 saturated heterocycles. The molecular weight excluding hydrogens is 226 g/mol. The number of nitrogens with two attached hydrogens (primary N) is 1. The molecule has 16 heavy (non-hydrogen) atoms. The summed E-state index contributed by atoms with van der Waals surface area (Å²) in [5.41, 5.74) is 5.81. The number of hydrogen-bond acceptors (Lipinski definition) is 5. The number of aliphatic hydroxyl groups excluding tert-OH is 1. The molecule has 2 atom stereocenters. The fourth-order valence-corrected chi connectivity index (χ4v) is 1.85. The van der Waals surface area contributed by atoms with Crippen LogP contribution in [-0.4, -0.2) is 32.5 Å². The molecule has 1 aromatic heterocycles. The molecule has 1 heterocycles. The molecule has 0 aliphatic heterocycles. The SMILES string of the molecule is CC(O)C(C)Sc1ccc(/C(N)=N/O)nc1. The van der Waals surface area contributed by atoms with Gasteiger partial charge >= 0.3 is 0 Å². The summed E-state index contributed by atoms with van der Waals surface area (Å²) in [4.78, 5) is 4.98. The Labute approximate surface area is 98.4 Å². The Morgan fingerprint density at radius 2 is 2.19 bits per heavy atom. The maximum absolute atomic E-state index is 9.35. The van der Waals surface area contributed by atoms with Crippen molar-refractivity contribution in [2.75, 3.05) is 0 Å². The summed E-state index contributed by atoms with van der Waals surface area (Å²) in [6.07, 6.45) is 1.26. The Morgan fingerprint density at radius 1 is 1.50 bits per heavy atom. The molecule has 0 bridgehead atoms. The van der Waals surface area contributed by atoms with Crippen LogP contribution in [0.5, 0.6) is 0 Å². The number of aliphatic hydroxyl groups is 1. The summed E-state index contributed by atoms with van der Waals surface area (Å²) in [6.45, 7) is 3.68. The highest BCUT2D eigenvalue weighted by Gasteiger charge is 2.10. The first-order valence-electron chi connectivity index (χ1n) is 4.83. The molecule has 6 heteroatoms. The number of hydrogen-bond donors (Lipinski definition) is 3. The van der Waals surface area contributed by atoms with Crippen molar-refractivity contribution in [3.63, 3.8) is 0 Å². The van der Waals surface area contributed by atoms with Crippen LogP contribution in [0.25, 0.3) is 0 Å². The van der Waals surface area contributed by atoms with Gasteiger partial charge in [-0.1, -0.05) is 12.1 Å². The molecule has 0 amide bonds. The van der Waals surface area contributed by atoms with Crippen molar-refractivity contribution in [1.29, 1.82) is 0 Å². The quantitative estimate of drug-likeness (QED) is 0.241. The van der Waals surface area contributed by atoms with Crippen LogP contribution in [0.1, 0.15) is 19.5 Å². The van der Waals surface area contributed by atoms with Crippen molar-refractivity contribution in [3.8, 4) is 0 Å². The minimum absolute atomic E-state index is 0.0138. The minimum Gasteiger partial charge on any atom is -0.409 e. The van der Waals surface area contributed by atoms with Crippen LogP contribution in [0.2, 0.25) is 0 Å². The van der Waals surface area contributed by atoms with Gasteiger partial charge in [0.1, 0.15) is 5.69 Å². The first-order chi connectivity index (χ1) is 7.54. The molecule has 1 rings (SSSR count). The molecular formula is C10H15N3O2S. The average molecular weight is 241 g/mol. The van der Waals surface area contributed by atoms with Crippen molar-refractivity contribution in [1.82, 2.24) is 4.98 Å². The average Bonchev–Trinajstić information content (AvgIpc) is 2.28. The Hall–Kier alpha value is -1.27. The molecule has 0 aliphatic carbocycles. The Morgan fingerprint density at radius 3 is 2.62 bits per heavy atom. The molecule has 1 aromatic rings. The van der Waals surface area contributed by atoms with E-state index in [0.29, 0.717) is 5.69 Å². The van der Waals surface area contributed by atoms with Crippen molar-refractivity contribution in [3.05, 3.63) is 24.0 Å². The topological polar surface area (TPSA) is 91.7 Å². The molecule has 88 valence electrons. The fraction of sp³-hybridized carbons (Fsp3) is 0.400. The van der Waals surface area contributed by atoms with E-state index in [1.807, 2.05) is 13.0 Å². The van der Waals surface area contributed by atoms with Gasteiger partial charge in [-0.05, 0) is 19.1 Å². The van der Waals surface area contributed by atoms with Gasteiger partial charge in [-0.3, -0.25) is 4.98 Å². The van der Waals surface area contributed by atoms with Crippen molar-refractivity contribution in [2.24, 2.45) is 10.9 Å². The minimum atomic E-state index is -0.381. The summed E-state index contributed by atoms with van der Waals surface area (Å²) in [5, 5.41) is 20.8. The van der Waals surface area contributed by atoms with E-state index >= 15 is 0 Å². The van der Waals surface area contributed by atoms with Gasteiger partial charge in [0.2, 0.25) is 0 Å². The number of pyridine rings is 1. The normalized spacial score (nSPS) is 15.8. The lowest BCUT2D eigenvalue weighted by Gasteiger charge is -2.13. The third-order valence-electron chi connectivity index (χ3n) is 2.11. The van der Waals surface area contributed by atoms with Gasteiger partial charge in [0.05, 0.1) is 6.10 Å². The lowest BCUT2D eigenvalue weighted by molar-refractivity contribution is 0.196. The van der Waals surface area contributed by atoms with E-state index < -0.39 is 0 Å². The van der Waals surface area contributed by atoms with Crippen LogP contribution in [-0.2, 0) is 0 Å². The van der Waals surface area contributed by atoms with E-state index in [-0.39, 0.29) is 17.2 Å². The van der Waals surface area contributed by atoms with E-state index in [0.717, 1.165) is 4.90 Å². The number of aromatic nitrogens is 1. The summed E-state index contributed by atoms with van der Waals surface area (Å²) in [6, 6.07) is 3.50. The van der Waals surface area contributed by atoms with Gasteiger partial charge in [0.25, 0.3) is 0 Å². The second kappa shape index (κ2) is 5.72. The van der Waals surface area contributed by atoms with E-state index in [2.05, 4.69) is 10.1 Å². The van der Waals surface area contributed by atoms with Crippen molar-refractivity contribution in [2.45, 2.75) is 30.1 Å². The van der Waals surface area contributed by atoms with Gasteiger partial charge in [0.15, 0.2) is 5.84 Å². The summed E-state index contributed by atoms with van der Waals surface area (Å²) < 4.78 is 0. The van der Waals surface area contributed by atoms with Crippen LogP contribution >= 0.6 is 11.8 Å². The van der Waals surface area contributed by atoms with Gasteiger partial charge in [-0.25, -0.2) is 0 Å². The Bertz CT molecular complexity index is 365. The highest BCUT2D eigenvalue weighted by Crippen LogP contribution is 2.24. The predicted octanol–water partition coefficient (Wildman–Crippen LogP) is 1.04. The zero-order chi connectivity index (χ0) is 12.1. The number of thioether (sulfide) groups is 1. The van der Waals surface area contributed by atoms with E-state index in [1.165, 1.54) is 11.8 Å². The molecule has 0 aliphatic rings. The van der Waals surface area contributed by atoms with E-state index in [4.69, 9.17) is 10.9 Å². The predicted molar refractivity (Wildman–Crippen MR) is 63.7 cm³/mol. The first kappa shape index (κ1) is 12.8. The maximum atomic E-state index is 9.35. The maximum Gasteiger partial charge on any atom is 0.188 e. The van der Waals surface area contributed by atoms with Gasteiger partial charge in [-0.2, -0.15) is 0 Å². The highest BCUT2D eigenvalue weighted by atomic mass is 32.2. The Kier molecular flexibility index (Phi) is 4.57. The third kappa shape index (κ3) is 3.39. The molecule has 5 nitrogen and oxygen atoms in total. The molecule has 0 radical (unpaired) electrons. The lowest BCUT2D eigenvalue weighted by atomic mass is 10.3. The molecule has 0 fully saturated rings. The summed E-state index contributed by atoms with van der Waals surface area (Å²) in [5.74, 6) is -0.0138. The van der Waals surface area contributed by atoms with Crippen molar-refractivity contribution < 1.29 is 10.3 Å². The second-order valence-electron chi connectivity index (χ2n) is 3.43. The molecule has 0 aromatic carbocycles. The standard InChI is InChI=1S/C10H15N3O2S/c1-6(14)7(2)16-8-3-4-9(12-5-8)10(11)13-15/h3-7,14-15H,1-2H3,(H2,11,13). The zero-order valence-corrected chi connectivity index (χ0v) is 9.98. The van der Waals surface area contributed by atoms with Crippen LogP contribution in [0, 0.1) is 0 Å². The van der Waals surface area contributed by atoms with Crippen LogP contribution in [0.4, 0.5) is 0 Å². The fourth-order valence-electron chi connectivity index (χ4n) is 0.966. The number of nitrogens with zero attached hydrogens (tertiary/aromatic N) is 2. The summed E-state index contributed by atoms with van der Waals surface area (Å²) in [7, 11) is 0. The lowest BCUT2D eigenvalue weighted by Crippen LogP contribution is -2.16. The largest absolute Gasteiger partial charge is 0.409 e.